The van der Waals surface area contributed by atoms with Crippen LogP contribution in [0.15, 0.2) is 84.9 Å². The second-order valence-electron chi connectivity index (χ2n) is 9.55. The minimum absolute atomic E-state index is 0.00225. The van der Waals surface area contributed by atoms with Gasteiger partial charge >= 0.3 is 0 Å². The zero-order valence-electron chi connectivity index (χ0n) is 21.5. The average Bonchev–Trinajstić information content (AvgIpc) is 2.93. The molecule has 1 aromatic heterocycles. The van der Waals surface area contributed by atoms with Crippen LogP contribution < -0.4 is 10.6 Å². The highest BCUT2D eigenvalue weighted by atomic mass is 16.6. The number of benzene rings is 4. The van der Waals surface area contributed by atoms with Crippen molar-refractivity contribution in [2.75, 3.05) is 37.8 Å². The summed E-state index contributed by atoms with van der Waals surface area (Å²) in [7, 11) is 4.07. The van der Waals surface area contributed by atoms with Crippen LogP contribution in [0.3, 0.4) is 0 Å². The van der Waals surface area contributed by atoms with Crippen LogP contribution in [0.25, 0.3) is 32.9 Å². The van der Waals surface area contributed by atoms with Gasteiger partial charge in [0.2, 0.25) is 0 Å². The van der Waals surface area contributed by atoms with Crippen LogP contribution in [-0.2, 0) is 6.54 Å². The molecule has 0 aliphatic rings. The van der Waals surface area contributed by atoms with Gasteiger partial charge in [0, 0.05) is 25.2 Å². The van der Waals surface area contributed by atoms with E-state index in [-0.39, 0.29) is 5.69 Å². The van der Waals surface area contributed by atoms with Crippen LogP contribution >= 0.6 is 0 Å². The predicted molar refractivity (Wildman–Crippen MR) is 155 cm³/mol. The molecule has 5 aromatic rings. The molecule has 0 atom stereocenters. The number of anilines is 2. The highest BCUT2D eigenvalue weighted by Crippen LogP contribution is 2.27. The van der Waals surface area contributed by atoms with Crippen LogP contribution in [0.4, 0.5) is 17.3 Å². The largest absolute Gasteiger partial charge is 0.367 e. The van der Waals surface area contributed by atoms with Crippen LogP contribution in [0, 0.1) is 10.1 Å². The molecule has 8 heteroatoms. The molecule has 0 radical (unpaired) electrons. The van der Waals surface area contributed by atoms with E-state index in [1.54, 1.807) is 6.07 Å². The Morgan fingerprint density at radius 2 is 1.50 bits per heavy atom. The molecule has 0 amide bonds. The first-order valence-electron chi connectivity index (χ1n) is 12.6. The molecule has 0 bridgehead atoms. The first-order valence-corrected chi connectivity index (χ1v) is 12.6. The molecule has 0 saturated heterocycles. The van der Waals surface area contributed by atoms with Crippen LogP contribution in [0.2, 0.25) is 0 Å². The Labute approximate surface area is 221 Å². The normalized spacial score (nSPS) is 11.2. The molecule has 0 fully saturated rings. The third-order valence-corrected chi connectivity index (χ3v) is 6.43. The van der Waals surface area contributed by atoms with Gasteiger partial charge in [-0.1, -0.05) is 60.7 Å². The highest BCUT2D eigenvalue weighted by molar-refractivity contribution is 5.87. The summed E-state index contributed by atoms with van der Waals surface area (Å²) in [5.41, 5.74) is 4.54. The molecule has 0 spiro atoms. The van der Waals surface area contributed by atoms with Gasteiger partial charge in [-0.05, 0) is 66.7 Å². The van der Waals surface area contributed by atoms with Crippen molar-refractivity contribution in [2.45, 2.75) is 13.0 Å². The lowest BCUT2D eigenvalue weighted by Gasteiger charge is -2.15. The van der Waals surface area contributed by atoms with E-state index in [4.69, 9.17) is 4.98 Å². The van der Waals surface area contributed by atoms with E-state index in [1.165, 1.54) is 28.5 Å². The average molecular weight is 507 g/mol. The Bertz CT molecular complexity index is 1580. The molecule has 4 aromatic carbocycles. The van der Waals surface area contributed by atoms with Crippen LogP contribution in [-0.4, -0.2) is 47.0 Å². The number of hydrogen-bond acceptors (Lipinski definition) is 7. The zero-order valence-corrected chi connectivity index (χ0v) is 21.5. The highest BCUT2D eigenvalue weighted by Gasteiger charge is 2.13. The van der Waals surface area contributed by atoms with Gasteiger partial charge in [0.1, 0.15) is 0 Å². The first kappa shape index (κ1) is 25.1. The lowest BCUT2D eigenvalue weighted by atomic mass is 10.0. The lowest BCUT2D eigenvalue weighted by molar-refractivity contribution is -0.384. The van der Waals surface area contributed by atoms with E-state index in [2.05, 4.69) is 87.2 Å². The number of aromatic nitrogens is 2. The number of non-ortho nitro benzene ring substituents is 1. The van der Waals surface area contributed by atoms with Crippen LogP contribution in [0.5, 0.6) is 0 Å². The Morgan fingerprint density at radius 1 is 0.789 bits per heavy atom. The second kappa shape index (κ2) is 11.2. The molecule has 0 aliphatic carbocycles. The molecule has 38 heavy (non-hydrogen) atoms. The van der Waals surface area contributed by atoms with E-state index in [0.717, 1.165) is 24.1 Å². The molecule has 0 aliphatic heterocycles. The first-order chi connectivity index (χ1) is 18.5. The summed E-state index contributed by atoms with van der Waals surface area (Å²) in [6.07, 6.45) is 0.928. The Morgan fingerprint density at radius 3 is 2.26 bits per heavy atom. The summed E-state index contributed by atoms with van der Waals surface area (Å²) in [5.74, 6) is 1.21. The molecule has 0 unspecified atom stereocenters. The van der Waals surface area contributed by atoms with E-state index >= 15 is 0 Å². The minimum Gasteiger partial charge on any atom is -0.367 e. The summed E-state index contributed by atoms with van der Waals surface area (Å²) in [5, 5.41) is 20.5. The van der Waals surface area contributed by atoms with E-state index in [9.17, 15) is 10.1 Å². The van der Waals surface area contributed by atoms with E-state index < -0.39 is 4.92 Å². The fourth-order valence-corrected chi connectivity index (χ4v) is 4.37. The van der Waals surface area contributed by atoms with E-state index in [0.29, 0.717) is 35.8 Å². The number of nitro benzene ring substituents is 1. The molecule has 0 saturated carbocycles. The molecule has 5 rings (SSSR count). The number of nitro groups is 1. The molecule has 8 nitrogen and oxygen atoms in total. The summed E-state index contributed by atoms with van der Waals surface area (Å²) in [6, 6.07) is 27.9. The summed E-state index contributed by atoms with van der Waals surface area (Å²) in [4.78, 5) is 22.3. The number of nitrogens with zero attached hydrogens (tertiary/aromatic N) is 4. The van der Waals surface area contributed by atoms with Gasteiger partial charge in [-0.3, -0.25) is 10.1 Å². The molecule has 2 N–H and O–H groups in total. The maximum atomic E-state index is 11.2. The van der Waals surface area contributed by atoms with Crippen molar-refractivity contribution in [2.24, 2.45) is 0 Å². The monoisotopic (exact) mass is 506 g/mol. The Balaban J connectivity index is 1.34. The fourth-order valence-electron chi connectivity index (χ4n) is 4.37. The zero-order chi connectivity index (χ0) is 26.5. The van der Waals surface area contributed by atoms with Crippen molar-refractivity contribution in [1.82, 2.24) is 14.9 Å². The topological polar surface area (TPSA) is 96.2 Å². The maximum Gasteiger partial charge on any atom is 0.271 e. The van der Waals surface area contributed by atoms with Crippen molar-refractivity contribution in [3.05, 3.63) is 101 Å². The predicted octanol–water partition coefficient (Wildman–Crippen LogP) is 6.33. The van der Waals surface area contributed by atoms with E-state index in [1.807, 2.05) is 14.1 Å². The Kier molecular flexibility index (Phi) is 7.42. The minimum atomic E-state index is -0.418. The number of fused-ring (bicyclic) bond motifs is 2. The van der Waals surface area contributed by atoms with Crippen molar-refractivity contribution >= 4 is 39.1 Å². The summed E-state index contributed by atoms with van der Waals surface area (Å²) >= 11 is 0. The maximum absolute atomic E-state index is 11.2. The van der Waals surface area contributed by atoms with Gasteiger partial charge < -0.3 is 15.5 Å². The van der Waals surface area contributed by atoms with Gasteiger partial charge in [0.05, 0.1) is 16.0 Å². The lowest BCUT2D eigenvalue weighted by Crippen LogP contribution is -2.17. The van der Waals surface area contributed by atoms with Crippen molar-refractivity contribution < 1.29 is 4.92 Å². The van der Waals surface area contributed by atoms with Gasteiger partial charge in [-0.2, -0.15) is 0 Å². The molecular weight excluding hydrogens is 476 g/mol. The van der Waals surface area contributed by atoms with Crippen LogP contribution in [0.1, 0.15) is 12.0 Å². The molecule has 192 valence electrons. The van der Waals surface area contributed by atoms with Gasteiger partial charge in [0.15, 0.2) is 11.6 Å². The third-order valence-electron chi connectivity index (χ3n) is 6.43. The Hall–Kier alpha value is -4.56. The van der Waals surface area contributed by atoms with Gasteiger partial charge in [-0.15, -0.1) is 0 Å². The van der Waals surface area contributed by atoms with Crippen molar-refractivity contribution in [1.29, 1.82) is 0 Å². The summed E-state index contributed by atoms with van der Waals surface area (Å²) < 4.78 is 0. The molecule has 1 heterocycles. The third kappa shape index (κ3) is 5.87. The fraction of sp³-hybridized carbons (Fsp3) is 0.200. The standard InChI is InChI=1S/C30H30N6O2/c1-35(2)17-5-16-31-29-30(33-27-15-14-26(36(37)38)19-28(27)34-29)32-20-21-8-10-23(11-9-21)25-13-12-22-6-3-4-7-24(22)18-25/h3-4,6-15,18-19H,5,16-17,20H2,1-2H3,(H,31,34)(H,32,33). The smallest absolute Gasteiger partial charge is 0.271 e. The number of hydrogen-bond donors (Lipinski definition) is 2. The van der Waals surface area contributed by atoms with Crippen molar-refractivity contribution in [3.8, 4) is 11.1 Å². The quantitative estimate of drug-likeness (QED) is 0.130. The second-order valence-corrected chi connectivity index (χ2v) is 9.55. The molecular formula is C30H30N6O2. The van der Waals surface area contributed by atoms with Gasteiger partial charge in [-0.25, -0.2) is 9.97 Å². The number of rotatable bonds is 10. The van der Waals surface area contributed by atoms with Gasteiger partial charge in [0.25, 0.3) is 5.69 Å². The summed E-state index contributed by atoms with van der Waals surface area (Å²) in [6.45, 7) is 2.21. The number of nitrogens with one attached hydrogen (secondary N) is 2. The SMILES string of the molecule is CN(C)CCCNc1nc2cc([N+](=O)[O-])ccc2nc1NCc1ccc(-c2ccc3ccccc3c2)cc1. The van der Waals surface area contributed by atoms with Crippen molar-refractivity contribution in [3.63, 3.8) is 0 Å².